The smallest absolute Gasteiger partial charge is 0.255 e. The second kappa shape index (κ2) is 10.5. The van der Waals surface area contributed by atoms with Gasteiger partial charge in [-0.15, -0.1) is 5.10 Å². The Morgan fingerprint density at radius 3 is 2.49 bits per heavy atom. The Balaban J connectivity index is 1.32. The predicted molar refractivity (Wildman–Crippen MR) is 143 cm³/mol. The lowest BCUT2D eigenvalue weighted by Crippen LogP contribution is -2.56. The average Bonchev–Trinajstić information content (AvgIpc) is 3.64. The molecule has 1 fully saturated rings. The van der Waals surface area contributed by atoms with Crippen molar-refractivity contribution in [2.75, 3.05) is 12.0 Å². The molecule has 3 unspecified atom stereocenters. The molecular formula is C29H25F2N7O3. The molecule has 0 bridgehead atoms. The van der Waals surface area contributed by atoms with Gasteiger partial charge in [0.05, 0.1) is 25.4 Å². The monoisotopic (exact) mass is 557 g/mol. The fourth-order valence-electron chi connectivity index (χ4n) is 5.26. The van der Waals surface area contributed by atoms with Crippen LogP contribution in [0.4, 0.5) is 14.5 Å². The molecule has 12 heteroatoms. The SMILES string of the molecule is COc1ccc(N2C(=O)C(n3cc(CC(O)(Cn4cncn4)c4ccc(F)cc4F)nn3)C2c2ccccc2)cc1. The van der Waals surface area contributed by atoms with Crippen molar-refractivity contribution >= 4 is 11.6 Å². The summed E-state index contributed by atoms with van der Waals surface area (Å²) in [6, 6.07) is 18.7. The minimum Gasteiger partial charge on any atom is -0.497 e. The minimum atomic E-state index is -1.87. The third-order valence-corrected chi connectivity index (χ3v) is 7.20. The highest BCUT2D eigenvalue weighted by atomic mass is 19.1. The van der Waals surface area contributed by atoms with E-state index in [0.717, 1.165) is 11.6 Å². The fourth-order valence-corrected chi connectivity index (χ4v) is 5.26. The van der Waals surface area contributed by atoms with E-state index in [2.05, 4.69) is 20.4 Å². The number of amides is 1. The Kier molecular flexibility index (Phi) is 6.75. The van der Waals surface area contributed by atoms with Crippen LogP contribution >= 0.6 is 0 Å². The van der Waals surface area contributed by atoms with E-state index in [9.17, 15) is 18.7 Å². The molecule has 10 nitrogen and oxygen atoms in total. The molecular weight excluding hydrogens is 532 g/mol. The molecule has 0 aliphatic carbocycles. The Labute approximate surface area is 233 Å². The number of benzene rings is 3. The lowest BCUT2D eigenvalue weighted by molar-refractivity contribution is -0.129. The van der Waals surface area contributed by atoms with Crippen LogP contribution < -0.4 is 9.64 Å². The number of aliphatic hydroxyl groups is 1. The number of ether oxygens (including phenoxy) is 1. The summed E-state index contributed by atoms with van der Waals surface area (Å²) in [4.78, 5) is 19.1. The van der Waals surface area contributed by atoms with Gasteiger partial charge < -0.3 is 14.7 Å². The van der Waals surface area contributed by atoms with Crippen LogP contribution in [0.15, 0.2) is 91.6 Å². The van der Waals surface area contributed by atoms with Gasteiger partial charge in [0, 0.05) is 29.9 Å². The molecule has 0 radical (unpaired) electrons. The quantitative estimate of drug-likeness (QED) is 0.276. The largest absolute Gasteiger partial charge is 0.497 e. The highest BCUT2D eigenvalue weighted by Gasteiger charge is 2.51. The zero-order chi connectivity index (χ0) is 28.6. The van der Waals surface area contributed by atoms with Crippen molar-refractivity contribution in [3.8, 4) is 5.75 Å². The average molecular weight is 558 g/mol. The van der Waals surface area contributed by atoms with Crippen LogP contribution in [-0.2, 0) is 23.4 Å². The van der Waals surface area contributed by atoms with Crippen LogP contribution in [0.5, 0.6) is 5.75 Å². The zero-order valence-electron chi connectivity index (χ0n) is 21.9. The number of β-lactam (4-membered cyclic amide) rings is 1. The van der Waals surface area contributed by atoms with Gasteiger partial charge in [0.15, 0.2) is 6.04 Å². The molecule has 2 aromatic heterocycles. The third kappa shape index (κ3) is 4.93. The van der Waals surface area contributed by atoms with Crippen LogP contribution in [-0.4, -0.2) is 47.9 Å². The van der Waals surface area contributed by atoms with Gasteiger partial charge >= 0.3 is 0 Å². The van der Waals surface area contributed by atoms with E-state index < -0.39 is 23.3 Å². The molecule has 1 aliphatic heterocycles. The first-order valence-corrected chi connectivity index (χ1v) is 12.8. The summed E-state index contributed by atoms with van der Waals surface area (Å²) in [6.07, 6.45) is 4.05. The van der Waals surface area contributed by atoms with Crippen molar-refractivity contribution in [1.29, 1.82) is 0 Å². The van der Waals surface area contributed by atoms with E-state index in [1.807, 2.05) is 42.5 Å². The maximum Gasteiger partial charge on any atom is 0.255 e. The van der Waals surface area contributed by atoms with Gasteiger partial charge in [-0.05, 0) is 35.9 Å². The van der Waals surface area contributed by atoms with E-state index in [1.54, 1.807) is 30.3 Å². The number of hydrogen-bond acceptors (Lipinski definition) is 7. The first-order chi connectivity index (χ1) is 19.9. The molecule has 6 rings (SSSR count). The number of hydrogen-bond donors (Lipinski definition) is 1. The minimum absolute atomic E-state index is 0.128. The molecule has 1 aliphatic rings. The molecule has 0 saturated carbocycles. The number of carbonyl (C=O) groups is 1. The summed E-state index contributed by atoms with van der Waals surface area (Å²) in [5, 5.41) is 24.2. The number of anilines is 1. The summed E-state index contributed by atoms with van der Waals surface area (Å²) < 4.78 is 36.6. The Morgan fingerprint density at radius 2 is 1.80 bits per heavy atom. The number of carbonyl (C=O) groups excluding carboxylic acids is 1. The van der Waals surface area contributed by atoms with Crippen molar-refractivity contribution in [3.05, 3.63) is 120 Å². The van der Waals surface area contributed by atoms with Crippen LogP contribution in [0.2, 0.25) is 0 Å². The Hall–Kier alpha value is -4.97. The van der Waals surface area contributed by atoms with Crippen molar-refractivity contribution in [2.45, 2.75) is 30.7 Å². The summed E-state index contributed by atoms with van der Waals surface area (Å²) in [5.74, 6) is -1.19. The van der Waals surface area contributed by atoms with Crippen LogP contribution in [0.1, 0.15) is 28.9 Å². The molecule has 1 saturated heterocycles. The van der Waals surface area contributed by atoms with Gasteiger partial charge in [0.25, 0.3) is 5.91 Å². The van der Waals surface area contributed by atoms with E-state index in [0.29, 0.717) is 23.2 Å². The number of nitrogens with zero attached hydrogens (tertiary/aromatic N) is 7. The maximum atomic E-state index is 14.9. The first kappa shape index (κ1) is 26.3. The fraction of sp³-hybridized carbons (Fsp3) is 0.207. The van der Waals surface area contributed by atoms with Gasteiger partial charge in [-0.3, -0.25) is 4.79 Å². The molecule has 3 heterocycles. The summed E-state index contributed by atoms with van der Waals surface area (Å²) in [5.41, 5.74) is -0.0872. The summed E-state index contributed by atoms with van der Waals surface area (Å²) in [6.45, 7) is -0.178. The van der Waals surface area contributed by atoms with Gasteiger partial charge in [-0.25, -0.2) is 23.1 Å². The van der Waals surface area contributed by atoms with E-state index in [4.69, 9.17) is 4.74 Å². The highest BCUT2D eigenvalue weighted by molar-refractivity contribution is 6.04. The standard InChI is InChI=1S/C29H25F2N7O3/c1-41-23-10-8-22(9-11-23)38-26(19-5-3-2-4-6-19)27(28(38)39)37-15-21(34-35-37)14-29(40,16-36-18-32-17-33-36)24-12-7-20(30)13-25(24)31/h2-13,15,17-18,26-27,40H,14,16H2,1H3. The van der Waals surface area contributed by atoms with Gasteiger partial charge in [-0.1, -0.05) is 41.6 Å². The molecule has 0 spiro atoms. The molecule has 3 atom stereocenters. The van der Waals surface area contributed by atoms with Gasteiger partial charge in [0.1, 0.15) is 35.6 Å². The third-order valence-electron chi connectivity index (χ3n) is 7.20. The van der Waals surface area contributed by atoms with E-state index >= 15 is 0 Å². The molecule has 41 heavy (non-hydrogen) atoms. The second-order valence-corrected chi connectivity index (χ2v) is 9.82. The van der Waals surface area contributed by atoms with Crippen LogP contribution in [0, 0.1) is 11.6 Å². The van der Waals surface area contributed by atoms with Gasteiger partial charge in [0.2, 0.25) is 0 Å². The normalized spacial score (nSPS) is 18.1. The number of rotatable bonds is 9. The van der Waals surface area contributed by atoms with Crippen molar-refractivity contribution in [2.24, 2.45) is 0 Å². The molecule has 5 aromatic rings. The summed E-state index contributed by atoms with van der Waals surface area (Å²) in [7, 11) is 1.58. The zero-order valence-corrected chi connectivity index (χ0v) is 21.9. The summed E-state index contributed by atoms with van der Waals surface area (Å²) >= 11 is 0. The number of halogens is 2. The second-order valence-electron chi connectivity index (χ2n) is 9.82. The van der Waals surface area contributed by atoms with Crippen molar-refractivity contribution in [3.63, 3.8) is 0 Å². The lowest BCUT2D eigenvalue weighted by atomic mass is 9.87. The van der Waals surface area contributed by atoms with Crippen LogP contribution in [0.3, 0.4) is 0 Å². The van der Waals surface area contributed by atoms with Crippen LogP contribution in [0.25, 0.3) is 0 Å². The Bertz CT molecular complexity index is 1660. The molecule has 3 aromatic carbocycles. The number of methoxy groups -OCH3 is 1. The number of aromatic nitrogens is 6. The highest BCUT2D eigenvalue weighted by Crippen LogP contribution is 2.46. The molecule has 1 amide bonds. The van der Waals surface area contributed by atoms with Gasteiger partial charge in [-0.2, -0.15) is 5.10 Å². The topological polar surface area (TPSA) is 111 Å². The van der Waals surface area contributed by atoms with Crippen molar-refractivity contribution in [1.82, 2.24) is 29.8 Å². The molecule has 208 valence electrons. The van der Waals surface area contributed by atoms with E-state index in [-0.39, 0.29) is 30.5 Å². The van der Waals surface area contributed by atoms with E-state index in [1.165, 1.54) is 28.1 Å². The molecule has 1 N–H and O–H groups in total. The lowest BCUT2D eigenvalue weighted by Gasteiger charge is -2.47. The predicted octanol–water partition coefficient (Wildman–Crippen LogP) is 3.62. The maximum absolute atomic E-state index is 14.9. The van der Waals surface area contributed by atoms with Crippen molar-refractivity contribution < 1.29 is 23.4 Å². The Morgan fingerprint density at radius 1 is 1.02 bits per heavy atom. The first-order valence-electron chi connectivity index (χ1n) is 12.8.